The number of sulfone groups is 1. The number of fused-ring (bicyclic) bond motifs is 1. The van der Waals surface area contributed by atoms with Gasteiger partial charge in [-0.25, -0.2) is 17.2 Å². The number of benzene rings is 2. The molecule has 9 heteroatoms. The first kappa shape index (κ1) is 20.2. The molecule has 2 N–H and O–H groups in total. The Labute approximate surface area is 164 Å². The number of aromatic nitrogens is 1. The largest absolute Gasteiger partial charge is 0.384 e. The van der Waals surface area contributed by atoms with Crippen molar-refractivity contribution < 1.29 is 22.3 Å². The number of nitriles is 1. The molecular weight excluding hydrogens is 402 g/mol. The second-order valence-corrected chi connectivity index (χ2v) is 8.06. The highest BCUT2D eigenvalue weighted by Gasteiger charge is 2.20. The van der Waals surface area contributed by atoms with Crippen molar-refractivity contribution >= 4 is 20.7 Å². The van der Waals surface area contributed by atoms with Crippen LogP contribution in [0.15, 0.2) is 40.0 Å². The maximum absolute atomic E-state index is 14.7. The van der Waals surface area contributed by atoms with E-state index in [-0.39, 0.29) is 27.2 Å². The number of nitrogens with one attached hydrogen (secondary N) is 1. The average Bonchev–Trinajstić information content (AvgIpc) is 2.66. The van der Waals surface area contributed by atoms with E-state index in [9.17, 15) is 22.0 Å². The van der Waals surface area contributed by atoms with Crippen molar-refractivity contribution in [1.29, 1.82) is 5.26 Å². The van der Waals surface area contributed by atoms with Gasteiger partial charge in [0.15, 0.2) is 21.1 Å². The molecule has 0 unspecified atom stereocenters. The molecule has 0 aliphatic carbocycles. The molecule has 0 saturated heterocycles. The lowest BCUT2D eigenvalue weighted by atomic mass is 10.0. The van der Waals surface area contributed by atoms with Gasteiger partial charge in [-0.3, -0.25) is 4.79 Å². The van der Waals surface area contributed by atoms with E-state index in [4.69, 9.17) is 10.4 Å². The highest BCUT2D eigenvalue weighted by Crippen LogP contribution is 2.29. The van der Waals surface area contributed by atoms with E-state index in [0.29, 0.717) is 0 Å². The number of rotatable bonds is 2. The topological polar surface area (TPSA) is 111 Å². The van der Waals surface area contributed by atoms with Crippen LogP contribution in [0.3, 0.4) is 0 Å². The van der Waals surface area contributed by atoms with E-state index in [1.165, 1.54) is 18.2 Å². The molecule has 3 aromatic rings. The first-order valence-electron chi connectivity index (χ1n) is 8.06. The molecule has 146 valence electrons. The SMILES string of the molecule is CS(=O)(=O)c1ccc(C#N)cc1-c1cc(=O)c2c(F)c(C#CCO)c(F)cc2[nH]1. The monoisotopic (exact) mass is 414 g/mol. The predicted molar refractivity (Wildman–Crippen MR) is 102 cm³/mol. The lowest BCUT2D eigenvalue weighted by Gasteiger charge is -2.11. The first-order chi connectivity index (χ1) is 13.7. The van der Waals surface area contributed by atoms with Crippen LogP contribution >= 0.6 is 0 Å². The molecule has 0 amide bonds. The lowest BCUT2D eigenvalue weighted by Crippen LogP contribution is -2.09. The van der Waals surface area contributed by atoms with E-state index in [1.807, 2.05) is 6.07 Å². The van der Waals surface area contributed by atoms with Crippen LogP contribution in [0.5, 0.6) is 0 Å². The van der Waals surface area contributed by atoms with Gasteiger partial charge >= 0.3 is 0 Å². The van der Waals surface area contributed by atoms with Crippen LogP contribution in [0.25, 0.3) is 22.2 Å². The van der Waals surface area contributed by atoms with Crippen molar-refractivity contribution in [2.45, 2.75) is 4.90 Å². The first-order valence-corrected chi connectivity index (χ1v) is 9.96. The molecule has 1 aromatic heterocycles. The zero-order valence-electron chi connectivity index (χ0n) is 14.9. The van der Waals surface area contributed by atoms with E-state index in [2.05, 4.69) is 16.8 Å². The molecule has 1 heterocycles. The number of H-pyrrole nitrogens is 1. The molecule has 3 rings (SSSR count). The summed E-state index contributed by atoms with van der Waals surface area (Å²) in [4.78, 5) is 15.1. The Morgan fingerprint density at radius 3 is 2.55 bits per heavy atom. The Morgan fingerprint density at radius 1 is 1.21 bits per heavy atom. The Bertz CT molecular complexity index is 1430. The van der Waals surface area contributed by atoms with Crippen molar-refractivity contribution in [3.63, 3.8) is 0 Å². The summed E-state index contributed by atoms with van der Waals surface area (Å²) in [5.74, 6) is 1.99. The minimum atomic E-state index is -3.73. The maximum Gasteiger partial charge on any atom is 0.193 e. The van der Waals surface area contributed by atoms with Crippen LogP contribution in [-0.4, -0.2) is 31.4 Å². The standard InChI is InChI=1S/C20H12F2N2O4S/c1-29(27,28)18-5-4-11(10-23)7-13(18)15-9-17(26)19-16(24-15)8-14(21)12(20(19)22)3-2-6-25/h4-5,7-9,25H,6H2,1H3,(H,24,26). The number of aliphatic hydroxyl groups is 1. The van der Waals surface area contributed by atoms with Gasteiger partial charge in [-0.2, -0.15) is 5.26 Å². The third kappa shape index (κ3) is 3.74. The number of aliphatic hydroxyl groups excluding tert-OH is 1. The van der Waals surface area contributed by atoms with Crippen molar-refractivity contribution in [3.8, 4) is 29.2 Å². The van der Waals surface area contributed by atoms with E-state index < -0.39 is 44.5 Å². The van der Waals surface area contributed by atoms with Crippen LogP contribution in [0.2, 0.25) is 0 Å². The van der Waals surface area contributed by atoms with Gasteiger partial charge in [0.1, 0.15) is 12.4 Å². The van der Waals surface area contributed by atoms with Crippen molar-refractivity contribution in [2.24, 2.45) is 0 Å². The lowest BCUT2D eigenvalue weighted by molar-refractivity contribution is 0.350. The third-order valence-electron chi connectivity index (χ3n) is 4.10. The summed E-state index contributed by atoms with van der Waals surface area (Å²) >= 11 is 0. The number of hydrogen-bond acceptors (Lipinski definition) is 5. The molecule has 29 heavy (non-hydrogen) atoms. The molecule has 0 aliphatic heterocycles. The molecule has 6 nitrogen and oxygen atoms in total. The second kappa shape index (κ2) is 7.47. The van der Waals surface area contributed by atoms with Gasteiger partial charge in [-0.05, 0) is 24.3 Å². The summed E-state index contributed by atoms with van der Waals surface area (Å²) in [6.07, 6.45) is 0.961. The Balaban J connectivity index is 2.38. The molecule has 2 aromatic carbocycles. The maximum atomic E-state index is 14.7. The Morgan fingerprint density at radius 2 is 1.93 bits per heavy atom. The highest BCUT2D eigenvalue weighted by atomic mass is 32.2. The fourth-order valence-electron chi connectivity index (χ4n) is 2.86. The van der Waals surface area contributed by atoms with Crippen molar-refractivity contribution in [3.05, 3.63) is 63.3 Å². The minimum Gasteiger partial charge on any atom is -0.384 e. The van der Waals surface area contributed by atoms with Crippen LogP contribution in [0.1, 0.15) is 11.1 Å². The van der Waals surface area contributed by atoms with Crippen molar-refractivity contribution in [2.75, 3.05) is 12.9 Å². The summed E-state index contributed by atoms with van der Waals surface area (Å²) in [7, 11) is -3.73. The van der Waals surface area contributed by atoms with Gasteiger partial charge in [-0.1, -0.05) is 11.8 Å². The molecule has 0 atom stereocenters. The summed E-state index contributed by atoms with van der Waals surface area (Å²) in [5, 5.41) is 17.4. The fraction of sp³-hybridized carbons (Fsp3) is 0.100. The summed E-state index contributed by atoms with van der Waals surface area (Å²) < 4.78 is 53.1. The summed E-state index contributed by atoms with van der Waals surface area (Å²) in [5.41, 5.74) is -1.56. The molecule has 0 radical (unpaired) electrons. The molecule has 0 fully saturated rings. The summed E-state index contributed by atoms with van der Waals surface area (Å²) in [6.45, 7) is -0.615. The molecule has 0 spiro atoms. The van der Waals surface area contributed by atoms with Crippen LogP contribution in [-0.2, 0) is 9.84 Å². The van der Waals surface area contributed by atoms with Crippen LogP contribution < -0.4 is 5.43 Å². The minimum absolute atomic E-state index is 0.0204. The van der Waals surface area contributed by atoms with E-state index in [1.54, 1.807) is 0 Å². The fourth-order valence-corrected chi connectivity index (χ4v) is 3.75. The van der Waals surface area contributed by atoms with Crippen molar-refractivity contribution in [1.82, 2.24) is 4.98 Å². The highest BCUT2D eigenvalue weighted by molar-refractivity contribution is 7.90. The number of pyridine rings is 1. The van der Waals surface area contributed by atoms with Gasteiger partial charge in [0, 0.05) is 17.9 Å². The Hall–Kier alpha value is -3.53. The van der Waals surface area contributed by atoms with Gasteiger partial charge in [0.2, 0.25) is 0 Å². The second-order valence-electron chi connectivity index (χ2n) is 6.07. The number of aromatic amines is 1. The number of halogens is 2. The van der Waals surface area contributed by atoms with Crippen LogP contribution in [0, 0.1) is 34.8 Å². The molecular formula is C20H12F2N2O4S. The van der Waals surface area contributed by atoms with E-state index in [0.717, 1.165) is 18.4 Å². The van der Waals surface area contributed by atoms with E-state index >= 15 is 0 Å². The number of nitrogens with zero attached hydrogens (tertiary/aromatic N) is 1. The van der Waals surface area contributed by atoms with Crippen LogP contribution in [0.4, 0.5) is 8.78 Å². The average molecular weight is 414 g/mol. The predicted octanol–water partition coefficient (Wildman–Crippen LogP) is 2.09. The summed E-state index contributed by atoms with van der Waals surface area (Å²) in [6, 6.07) is 7.50. The molecule has 0 aliphatic rings. The molecule has 0 saturated carbocycles. The quantitative estimate of drug-likeness (QED) is 0.624. The number of hydrogen-bond donors (Lipinski definition) is 2. The van der Waals surface area contributed by atoms with Gasteiger partial charge in [-0.15, -0.1) is 0 Å². The van der Waals surface area contributed by atoms with Gasteiger partial charge < -0.3 is 10.1 Å². The zero-order valence-corrected chi connectivity index (χ0v) is 15.7. The normalized spacial score (nSPS) is 11.0. The molecule has 0 bridgehead atoms. The van der Waals surface area contributed by atoms with Gasteiger partial charge in [0.25, 0.3) is 0 Å². The van der Waals surface area contributed by atoms with Gasteiger partial charge in [0.05, 0.1) is 38.7 Å². The zero-order chi connectivity index (χ0) is 21.3. The third-order valence-corrected chi connectivity index (χ3v) is 5.26. The Kier molecular flexibility index (Phi) is 5.21. The smallest absolute Gasteiger partial charge is 0.193 e.